The molecule has 6 heteroatoms. The number of halogens is 4. The van der Waals surface area contributed by atoms with E-state index in [1.807, 2.05) is 6.92 Å². The number of hydrogen-bond acceptors (Lipinski definition) is 2. The van der Waals surface area contributed by atoms with E-state index in [-0.39, 0.29) is 11.5 Å². The minimum absolute atomic E-state index is 0.0208. The van der Waals surface area contributed by atoms with Crippen LogP contribution in [0, 0.1) is 11.7 Å². The fourth-order valence-corrected chi connectivity index (χ4v) is 2.25. The quantitative estimate of drug-likeness (QED) is 0.841. The molecule has 0 amide bonds. The maximum Gasteiger partial charge on any atom is 0.419 e. The second kappa shape index (κ2) is 5.09. The molecule has 1 fully saturated rings. The third kappa shape index (κ3) is 2.90. The maximum atomic E-state index is 13.2. The smallest absolute Gasteiger partial charge is 0.386 e. The maximum absolute atomic E-state index is 13.2. The molecule has 19 heavy (non-hydrogen) atoms. The summed E-state index contributed by atoms with van der Waals surface area (Å²) in [5, 5.41) is 10.1. The van der Waals surface area contributed by atoms with E-state index in [0.717, 1.165) is 18.6 Å². The first-order valence-corrected chi connectivity index (χ1v) is 5.97. The number of hydrogen-bond donors (Lipinski definition) is 1. The highest BCUT2D eigenvalue weighted by atomic mass is 19.4. The van der Waals surface area contributed by atoms with Crippen LogP contribution in [0.2, 0.25) is 0 Å². The van der Waals surface area contributed by atoms with Gasteiger partial charge in [-0.05, 0) is 30.0 Å². The van der Waals surface area contributed by atoms with Gasteiger partial charge >= 0.3 is 6.18 Å². The molecule has 1 aliphatic rings. The molecule has 1 aromatic rings. The van der Waals surface area contributed by atoms with E-state index >= 15 is 0 Å². The lowest BCUT2D eigenvalue weighted by atomic mass is 9.94. The highest BCUT2D eigenvalue weighted by Gasteiger charge is 2.37. The predicted octanol–water partition coefficient (Wildman–Crippen LogP) is 3.30. The zero-order valence-electron chi connectivity index (χ0n) is 10.2. The first-order chi connectivity index (χ1) is 8.80. The molecule has 0 radical (unpaired) electrons. The largest absolute Gasteiger partial charge is 0.419 e. The summed E-state index contributed by atoms with van der Waals surface area (Å²) in [5.41, 5.74) is -1.35. The van der Waals surface area contributed by atoms with Gasteiger partial charge in [-0.25, -0.2) is 4.39 Å². The van der Waals surface area contributed by atoms with Crippen LogP contribution in [0.25, 0.3) is 0 Å². The van der Waals surface area contributed by atoms with E-state index < -0.39 is 29.8 Å². The third-order valence-electron chi connectivity index (χ3n) is 3.39. The summed E-state index contributed by atoms with van der Waals surface area (Å²) in [6.45, 7) is 2.32. The Hall–Kier alpha value is -1.14. The lowest BCUT2D eigenvalue weighted by Gasteiger charge is -2.22. The highest BCUT2D eigenvalue weighted by molar-refractivity contribution is 5.29. The zero-order chi connectivity index (χ0) is 14.2. The van der Waals surface area contributed by atoms with E-state index in [2.05, 4.69) is 0 Å². The molecule has 1 N–H and O–H groups in total. The van der Waals surface area contributed by atoms with Gasteiger partial charge in [0.25, 0.3) is 0 Å². The van der Waals surface area contributed by atoms with Gasteiger partial charge in [-0.1, -0.05) is 13.0 Å². The number of aliphatic hydroxyl groups is 1. The van der Waals surface area contributed by atoms with E-state index in [1.165, 1.54) is 0 Å². The molecule has 0 bridgehead atoms. The molecule has 2 nitrogen and oxygen atoms in total. The van der Waals surface area contributed by atoms with Crippen molar-refractivity contribution in [2.45, 2.75) is 31.7 Å². The number of benzene rings is 1. The molecule has 1 aromatic carbocycles. The van der Waals surface area contributed by atoms with Crippen LogP contribution in [-0.2, 0) is 10.9 Å². The Morgan fingerprint density at radius 3 is 2.58 bits per heavy atom. The summed E-state index contributed by atoms with van der Waals surface area (Å²) in [6.07, 6.45) is -5.76. The van der Waals surface area contributed by atoms with Crippen LogP contribution in [-0.4, -0.2) is 17.8 Å². The van der Waals surface area contributed by atoms with Crippen molar-refractivity contribution in [3.05, 3.63) is 35.1 Å². The van der Waals surface area contributed by atoms with Gasteiger partial charge in [0.05, 0.1) is 11.7 Å². The Morgan fingerprint density at radius 2 is 2.05 bits per heavy atom. The van der Waals surface area contributed by atoms with Gasteiger partial charge in [0.1, 0.15) is 11.9 Å². The Labute approximate surface area is 108 Å². The van der Waals surface area contributed by atoms with Crippen molar-refractivity contribution in [3.63, 3.8) is 0 Å². The molecule has 106 valence electrons. The van der Waals surface area contributed by atoms with Crippen LogP contribution in [0.5, 0.6) is 0 Å². The van der Waals surface area contributed by atoms with Crippen LogP contribution in [0.1, 0.15) is 30.6 Å². The van der Waals surface area contributed by atoms with Crippen LogP contribution >= 0.6 is 0 Å². The molecule has 0 aliphatic carbocycles. The predicted molar refractivity (Wildman–Crippen MR) is 59.9 cm³/mol. The molecular weight excluding hydrogens is 264 g/mol. The number of aliphatic hydroxyl groups excluding tert-OH is 1. The van der Waals surface area contributed by atoms with E-state index in [1.54, 1.807) is 0 Å². The average molecular weight is 278 g/mol. The lowest BCUT2D eigenvalue weighted by molar-refractivity contribution is -0.140. The standard InChI is InChI=1S/C13H14F4O2/c1-7-4-5-19-12(7)11(18)8-2-3-10(14)9(6-8)13(15,16)17/h2-3,6-7,11-12,18H,4-5H2,1H3. The van der Waals surface area contributed by atoms with Crippen LogP contribution in [0.4, 0.5) is 17.6 Å². The normalized spacial score (nSPS) is 25.6. The van der Waals surface area contributed by atoms with Gasteiger partial charge < -0.3 is 9.84 Å². The topological polar surface area (TPSA) is 29.5 Å². The minimum atomic E-state index is -4.78. The molecular formula is C13H14F4O2. The fourth-order valence-electron chi connectivity index (χ4n) is 2.25. The molecule has 3 atom stereocenters. The van der Waals surface area contributed by atoms with Crippen molar-refractivity contribution < 1.29 is 27.4 Å². The first kappa shape index (κ1) is 14.3. The monoisotopic (exact) mass is 278 g/mol. The SMILES string of the molecule is CC1CCOC1C(O)c1ccc(F)c(C(F)(F)F)c1. The summed E-state index contributed by atoms with van der Waals surface area (Å²) in [6, 6.07) is 2.53. The molecule has 1 aliphatic heterocycles. The summed E-state index contributed by atoms with van der Waals surface area (Å²) < 4.78 is 56.2. The summed E-state index contributed by atoms with van der Waals surface area (Å²) in [4.78, 5) is 0. The number of ether oxygens (including phenoxy) is 1. The van der Waals surface area contributed by atoms with Crippen LogP contribution in [0.15, 0.2) is 18.2 Å². The lowest BCUT2D eigenvalue weighted by Crippen LogP contribution is -2.23. The number of rotatable bonds is 2. The van der Waals surface area contributed by atoms with Gasteiger partial charge in [-0.3, -0.25) is 0 Å². The fraction of sp³-hybridized carbons (Fsp3) is 0.538. The average Bonchev–Trinajstić information content (AvgIpc) is 2.73. The van der Waals surface area contributed by atoms with Gasteiger partial charge in [-0.15, -0.1) is 0 Å². The van der Waals surface area contributed by atoms with Crippen LogP contribution in [0.3, 0.4) is 0 Å². The van der Waals surface area contributed by atoms with E-state index in [4.69, 9.17) is 4.74 Å². The Bertz CT molecular complexity index is 458. The highest BCUT2D eigenvalue weighted by Crippen LogP contribution is 2.36. The van der Waals surface area contributed by atoms with Crippen molar-refractivity contribution >= 4 is 0 Å². The third-order valence-corrected chi connectivity index (χ3v) is 3.39. The van der Waals surface area contributed by atoms with Crippen molar-refractivity contribution in [2.75, 3.05) is 6.61 Å². The van der Waals surface area contributed by atoms with Crippen molar-refractivity contribution in [3.8, 4) is 0 Å². The molecule has 3 unspecified atom stereocenters. The molecule has 1 saturated heterocycles. The Balaban J connectivity index is 2.30. The summed E-state index contributed by atoms with van der Waals surface area (Å²) in [7, 11) is 0. The summed E-state index contributed by atoms with van der Waals surface area (Å²) in [5.74, 6) is -1.29. The second-order valence-electron chi connectivity index (χ2n) is 4.78. The zero-order valence-corrected chi connectivity index (χ0v) is 10.2. The second-order valence-corrected chi connectivity index (χ2v) is 4.78. The molecule has 0 saturated carbocycles. The van der Waals surface area contributed by atoms with Gasteiger partial charge in [0.2, 0.25) is 0 Å². The Morgan fingerprint density at radius 1 is 1.37 bits per heavy atom. The number of alkyl halides is 3. The van der Waals surface area contributed by atoms with Gasteiger partial charge in [0.15, 0.2) is 0 Å². The minimum Gasteiger partial charge on any atom is -0.386 e. The van der Waals surface area contributed by atoms with Crippen molar-refractivity contribution in [2.24, 2.45) is 5.92 Å². The van der Waals surface area contributed by atoms with E-state index in [9.17, 15) is 22.7 Å². The summed E-state index contributed by atoms with van der Waals surface area (Å²) >= 11 is 0. The van der Waals surface area contributed by atoms with Crippen molar-refractivity contribution in [1.29, 1.82) is 0 Å². The molecule has 0 spiro atoms. The molecule has 2 rings (SSSR count). The molecule has 1 heterocycles. The van der Waals surface area contributed by atoms with Crippen molar-refractivity contribution in [1.82, 2.24) is 0 Å². The Kier molecular flexibility index (Phi) is 3.82. The van der Waals surface area contributed by atoms with Crippen LogP contribution < -0.4 is 0 Å². The molecule has 0 aromatic heterocycles. The first-order valence-electron chi connectivity index (χ1n) is 5.97. The van der Waals surface area contributed by atoms with E-state index in [0.29, 0.717) is 12.7 Å². The van der Waals surface area contributed by atoms with Gasteiger partial charge in [0, 0.05) is 6.61 Å². The van der Waals surface area contributed by atoms with Gasteiger partial charge in [-0.2, -0.15) is 13.2 Å².